The molecule has 1 heterocycles. The minimum absolute atomic E-state index is 0.192. The molecule has 0 atom stereocenters. The van der Waals surface area contributed by atoms with Gasteiger partial charge in [-0.25, -0.2) is 9.78 Å². The fraction of sp³-hybridized carbons (Fsp3) is 0.545. The van der Waals surface area contributed by atoms with Gasteiger partial charge in [0.1, 0.15) is 0 Å². The highest BCUT2D eigenvalue weighted by Gasteiger charge is 2.09. The largest absolute Gasteiger partial charge is 0.449 e. The van der Waals surface area contributed by atoms with Gasteiger partial charge in [0.2, 0.25) is 0 Å². The van der Waals surface area contributed by atoms with Crippen LogP contribution in [-0.2, 0) is 4.74 Å². The molecule has 1 amide bonds. The average molecular weight is 287 g/mol. The molecule has 0 aliphatic heterocycles. The van der Waals surface area contributed by atoms with Crippen molar-refractivity contribution in [1.29, 1.82) is 0 Å². The Morgan fingerprint density at radius 2 is 2.17 bits per heavy atom. The average Bonchev–Trinajstić information content (AvgIpc) is 2.54. The summed E-state index contributed by atoms with van der Waals surface area (Å²) in [6.07, 6.45) is -0.550. The number of carbonyl (C=O) groups is 1. The maximum absolute atomic E-state index is 11.3. The van der Waals surface area contributed by atoms with Crippen LogP contribution in [0.5, 0.6) is 0 Å². The van der Waals surface area contributed by atoms with Gasteiger partial charge in [-0.3, -0.25) is 5.32 Å². The summed E-state index contributed by atoms with van der Waals surface area (Å²) < 4.78 is 4.95. The number of hydrogen-bond donors (Lipinski definition) is 2. The lowest BCUT2D eigenvalue weighted by Crippen LogP contribution is -2.35. The third kappa shape index (κ3) is 4.97. The Bertz CT molecular complexity index is 424. The lowest BCUT2D eigenvalue weighted by molar-refractivity contribution is 0.138. The first-order valence-electron chi connectivity index (χ1n) is 5.57. The number of thiazole rings is 1. The van der Waals surface area contributed by atoms with E-state index < -0.39 is 6.09 Å². The summed E-state index contributed by atoms with van der Waals surface area (Å²) in [4.78, 5) is 16.7. The summed E-state index contributed by atoms with van der Waals surface area (Å²) in [6.45, 7) is 8.19. The second-order valence-electron chi connectivity index (χ2n) is 4.23. The van der Waals surface area contributed by atoms with Crippen molar-refractivity contribution in [2.45, 2.75) is 27.7 Å². The van der Waals surface area contributed by atoms with Gasteiger partial charge in [-0.2, -0.15) is 0 Å². The molecule has 0 aliphatic rings. The molecule has 7 heteroatoms. The molecule has 100 valence electrons. The van der Waals surface area contributed by atoms with E-state index in [4.69, 9.17) is 17.0 Å². The molecule has 0 fully saturated rings. The van der Waals surface area contributed by atoms with Gasteiger partial charge < -0.3 is 10.1 Å². The van der Waals surface area contributed by atoms with Gasteiger partial charge in [-0.15, -0.1) is 11.3 Å². The molecule has 18 heavy (non-hydrogen) atoms. The van der Waals surface area contributed by atoms with Gasteiger partial charge in [0.25, 0.3) is 0 Å². The Morgan fingerprint density at radius 1 is 1.50 bits per heavy atom. The molecule has 0 aromatic carbocycles. The minimum atomic E-state index is -0.550. The topological polar surface area (TPSA) is 63.2 Å². The van der Waals surface area contributed by atoms with Crippen LogP contribution in [0.4, 0.5) is 9.93 Å². The zero-order chi connectivity index (χ0) is 13.7. The number of aryl methyl sites for hydroxylation is 2. The number of aromatic nitrogens is 1. The normalized spacial score (nSPS) is 10.3. The van der Waals surface area contributed by atoms with E-state index in [2.05, 4.69) is 15.6 Å². The van der Waals surface area contributed by atoms with E-state index in [1.54, 1.807) is 0 Å². The van der Waals surface area contributed by atoms with Crippen LogP contribution in [0.15, 0.2) is 0 Å². The molecule has 0 radical (unpaired) electrons. The number of rotatable bonds is 3. The van der Waals surface area contributed by atoms with Crippen LogP contribution in [0.1, 0.15) is 24.4 Å². The van der Waals surface area contributed by atoms with E-state index in [0.717, 1.165) is 10.6 Å². The van der Waals surface area contributed by atoms with Crippen molar-refractivity contribution in [3.63, 3.8) is 0 Å². The lowest BCUT2D eigenvalue weighted by Gasteiger charge is -2.09. The molecule has 5 nitrogen and oxygen atoms in total. The van der Waals surface area contributed by atoms with Crippen LogP contribution in [0.25, 0.3) is 0 Å². The van der Waals surface area contributed by atoms with Crippen molar-refractivity contribution in [1.82, 2.24) is 10.3 Å². The van der Waals surface area contributed by atoms with Crippen LogP contribution in [0, 0.1) is 19.8 Å². The molecule has 0 saturated carbocycles. The summed E-state index contributed by atoms with van der Waals surface area (Å²) >= 11 is 6.47. The maximum atomic E-state index is 11.3. The van der Waals surface area contributed by atoms with Crippen molar-refractivity contribution in [2.24, 2.45) is 5.92 Å². The maximum Gasteiger partial charge on any atom is 0.413 e. The van der Waals surface area contributed by atoms with Crippen molar-refractivity contribution in [3.8, 4) is 0 Å². The third-order valence-corrected chi connectivity index (χ3v) is 3.20. The minimum Gasteiger partial charge on any atom is -0.449 e. The zero-order valence-electron chi connectivity index (χ0n) is 10.9. The summed E-state index contributed by atoms with van der Waals surface area (Å²) in [5.74, 6) is 0.293. The number of thiocarbonyl (C=S) groups is 1. The number of nitrogens with one attached hydrogen (secondary N) is 2. The van der Waals surface area contributed by atoms with Crippen LogP contribution in [0.2, 0.25) is 0 Å². The van der Waals surface area contributed by atoms with Crippen molar-refractivity contribution in [2.75, 3.05) is 11.9 Å². The Balaban J connectivity index is 2.39. The third-order valence-electron chi connectivity index (χ3n) is 2.01. The zero-order valence-corrected chi connectivity index (χ0v) is 12.5. The standard InChI is InChI=1S/C11H17N3O2S2/c1-6(2)5-16-11(15)14-9(17)13-10-12-7(3)8(4)18-10/h6H,5H2,1-4H3,(H2,12,13,14,15,17). The van der Waals surface area contributed by atoms with Crippen molar-refractivity contribution >= 4 is 39.9 Å². The highest BCUT2D eigenvalue weighted by atomic mass is 32.1. The van der Waals surface area contributed by atoms with Gasteiger partial charge in [0.05, 0.1) is 12.3 Å². The number of amides is 1. The van der Waals surface area contributed by atoms with E-state index in [1.807, 2.05) is 27.7 Å². The number of alkyl carbamates (subject to hydrolysis) is 1. The smallest absolute Gasteiger partial charge is 0.413 e. The second kappa shape index (κ2) is 6.65. The molecule has 0 aliphatic carbocycles. The van der Waals surface area contributed by atoms with E-state index in [1.165, 1.54) is 11.3 Å². The van der Waals surface area contributed by atoms with Gasteiger partial charge in [-0.1, -0.05) is 13.8 Å². The number of carbonyl (C=O) groups excluding carboxylic acids is 1. The SMILES string of the molecule is Cc1nc(NC(=S)NC(=O)OCC(C)C)sc1C. The number of nitrogens with zero attached hydrogens (tertiary/aromatic N) is 1. The van der Waals surface area contributed by atoms with Gasteiger partial charge in [-0.05, 0) is 32.0 Å². The molecule has 1 aromatic heterocycles. The first-order valence-corrected chi connectivity index (χ1v) is 6.79. The summed E-state index contributed by atoms with van der Waals surface area (Å²) in [5, 5.41) is 6.15. The van der Waals surface area contributed by atoms with E-state index >= 15 is 0 Å². The second-order valence-corrected chi connectivity index (χ2v) is 5.84. The molecule has 1 aromatic rings. The fourth-order valence-corrected chi connectivity index (χ4v) is 2.09. The molecule has 0 bridgehead atoms. The lowest BCUT2D eigenvalue weighted by atomic mass is 10.2. The fourth-order valence-electron chi connectivity index (χ4n) is 1.03. The van der Waals surface area contributed by atoms with Gasteiger partial charge in [0, 0.05) is 4.88 Å². The van der Waals surface area contributed by atoms with E-state index in [0.29, 0.717) is 17.7 Å². The highest BCUT2D eigenvalue weighted by molar-refractivity contribution is 7.80. The summed E-state index contributed by atoms with van der Waals surface area (Å²) in [5.41, 5.74) is 0.952. The van der Waals surface area contributed by atoms with Crippen molar-refractivity contribution in [3.05, 3.63) is 10.6 Å². The molecular weight excluding hydrogens is 270 g/mol. The molecule has 0 spiro atoms. The van der Waals surface area contributed by atoms with Crippen LogP contribution in [-0.4, -0.2) is 22.8 Å². The molecule has 1 rings (SSSR count). The molecule has 0 saturated heterocycles. The number of ether oxygens (including phenoxy) is 1. The Morgan fingerprint density at radius 3 is 2.67 bits per heavy atom. The molecule has 2 N–H and O–H groups in total. The molecule has 0 unspecified atom stereocenters. The molecular formula is C11H17N3O2S2. The summed E-state index contributed by atoms with van der Waals surface area (Å²) in [7, 11) is 0. The Labute approximate surface area is 116 Å². The first-order chi connectivity index (χ1) is 8.38. The number of hydrogen-bond acceptors (Lipinski definition) is 5. The van der Waals surface area contributed by atoms with Crippen molar-refractivity contribution < 1.29 is 9.53 Å². The van der Waals surface area contributed by atoms with Crippen LogP contribution in [0.3, 0.4) is 0 Å². The highest BCUT2D eigenvalue weighted by Crippen LogP contribution is 2.20. The van der Waals surface area contributed by atoms with Gasteiger partial charge in [0.15, 0.2) is 10.2 Å². The summed E-state index contributed by atoms with van der Waals surface area (Å²) in [6, 6.07) is 0. The van der Waals surface area contributed by atoms with E-state index in [-0.39, 0.29) is 5.11 Å². The van der Waals surface area contributed by atoms with Crippen LogP contribution < -0.4 is 10.6 Å². The van der Waals surface area contributed by atoms with Crippen LogP contribution >= 0.6 is 23.6 Å². The monoisotopic (exact) mass is 287 g/mol. The van der Waals surface area contributed by atoms with E-state index in [9.17, 15) is 4.79 Å². The Hall–Kier alpha value is -1.21. The quantitative estimate of drug-likeness (QED) is 0.837. The predicted molar refractivity (Wildman–Crippen MR) is 77.1 cm³/mol. The number of anilines is 1. The van der Waals surface area contributed by atoms with Gasteiger partial charge >= 0.3 is 6.09 Å². The Kier molecular flexibility index (Phi) is 5.49. The predicted octanol–water partition coefficient (Wildman–Crippen LogP) is 2.84. The first kappa shape index (κ1) is 14.8.